The van der Waals surface area contributed by atoms with Crippen molar-refractivity contribution in [3.63, 3.8) is 0 Å². The number of fused-ring (bicyclic) bond motifs is 2. The molecule has 4 aromatic rings. The maximum Gasteiger partial charge on any atom is 0.350 e. The molecule has 236 valence electrons. The quantitative estimate of drug-likeness (QED) is 0.147. The standard InChI is InChI=1S/C34H37N3O7S/c1-17-18(2)31-21(19(3)28(17)38)12-13-34(5,44-31)33(42)43-15-9-14-37-23-10-7-8-11-24(23)45-25(37)16-22-29(39)27(30(22)40)26-20(4)35-36(6)32(26)41/h7-8,10-11,22H,9,12-16H2,1-6H3,(H2-,35,38,39,40,41)/p+1. The number of thiazole rings is 1. The van der Waals surface area contributed by atoms with Crippen LogP contribution in [0.4, 0.5) is 0 Å². The number of carbonyl (C=O) groups excluding carboxylic acids is 2. The number of benzene rings is 2. The third-order valence-corrected chi connectivity index (χ3v) is 10.6. The highest BCUT2D eigenvalue weighted by atomic mass is 32.1. The van der Waals surface area contributed by atoms with Crippen LogP contribution in [0.3, 0.4) is 0 Å². The molecule has 3 heterocycles. The average Bonchev–Trinajstić information content (AvgIpc) is 3.50. The third kappa shape index (κ3) is 4.93. The molecule has 6 rings (SSSR count). The van der Waals surface area contributed by atoms with Crippen molar-refractivity contribution in [2.24, 2.45) is 13.0 Å². The van der Waals surface area contributed by atoms with Gasteiger partial charge in [0.05, 0.1) is 30.1 Å². The van der Waals surface area contributed by atoms with Crippen LogP contribution in [0.2, 0.25) is 0 Å². The number of aromatic hydroxyl groups is 1. The fraction of sp³-hybridized carbons (Fsp3) is 0.412. The molecule has 0 bridgehead atoms. The lowest BCUT2D eigenvalue weighted by Gasteiger charge is -2.35. The smallest absolute Gasteiger partial charge is 0.350 e. The van der Waals surface area contributed by atoms with Crippen LogP contribution in [0.15, 0.2) is 34.8 Å². The number of phenolic OH excluding ortho intramolecular Hbond substituents is 1. The second-order valence-electron chi connectivity index (χ2n) is 12.3. The molecule has 0 amide bonds. The van der Waals surface area contributed by atoms with Crippen LogP contribution in [0.5, 0.6) is 11.5 Å². The summed E-state index contributed by atoms with van der Waals surface area (Å²) in [6.07, 6.45) is 1.88. The number of aliphatic hydroxyl groups is 1. The fourth-order valence-electron chi connectivity index (χ4n) is 6.53. The van der Waals surface area contributed by atoms with Crippen molar-refractivity contribution in [3.05, 3.63) is 78.9 Å². The van der Waals surface area contributed by atoms with E-state index in [2.05, 4.69) is 9.67 Å². The molecule has 10 nitrogen and oxygen atoms in total. The molecular formula is C34H38N3O7S+. The van der Waals surface area contributed by atoms with Gasteiger partial charge >= 0.3 is 5.97 Å². The van der Waals surface area contributed by atoms with Crippen molar-refractivity contribution in [2.75, 3.05) is 6.61 Å². The van der Waals surface area contributed by atoms with Gasteiger partial charge in [-0.1, -0.05) is 23.5 Å². The molecule has 45 heavy (non-hydrogen) atoms. The number of aryl methyl sites for hydroxylation is 3. The number of allylic oxidation sites excluding steroid dienone is 2. The number of rotatable bonds is 8. The molecule has 11 heteroatoms. The first-order chi connectivity index (χ1) is 21.3. The van der Waals surface area contributed by atoms with E-state index in [1.54, 1.807) is 32.2 Å². The third-order valence-electron chi connectivity index (χ3n) is 9.40. The van der Waals surface area contributed by atoms with Crippen LogP contribution in [-0.2, 0) is 40.8 Å². The molecule has 2 aliphatic rings. The van der Waals surface area contributed by atoms with Gasteiger partial charge in [0.15, 0.2) is 12.3 Å². The molecule has 2 atom stereocenters. The summed E-state index contributed by atoms with van der Waals surface area (Å²) in [5.74, 6) is -0.533. The van der Waals surface area contributed by atoms with Crippen molar-refractivity contribution in [2.45, 2.75) is 72.4 Å². The Morgan fingerprint density at radius 2 is 1.89 bits per heavy atom. The number of phenols is 1. The first kappa shape index (κ1) is 30.6. The summed E-state index contributed by atoms with van der Waals surface area (Å²) in [4.78, 5) is 39.1. The van der Waals surface area contributed by atoms with Gasteiger partial charge in [-0.25, -0.2) is 4.79 Å². The summed E-state index contributed by atoms with van der Waals surface area (Å²) in [7, 11) is 1.57. The molecule has 0 saturated heterocycles. The largest absolute Gasteiger partial charge is 0.511 e. The highest BCUT2D eigenvalue weighted by Crippen LogP contribution is 2.44. The Balaban J connectivity index is 1.15. The predicted octanol–water partition coefficient (Wildman–Crippen LogP) is 4.58. The Bertz CT molecular complexity index is 1980. The normalized spacial score (nSPS) is 19.4. The maximum absolute atomic E-state index is 13.3. The minimum Gasteiger partial charge on any atom is -0.511 e. The lowest BCUT2D eigenvalue weighted by molar-refractivity contribution is -0.675. The van der Waals surface area contributed by atoms with Crippen molar-refractivity contribution < 1.29 is 33.8 Å². The number of Topliss-reactive ketones (excluding diaryl/α,β-unsaturated/α-hetero) is 1. The number of hydrogen-bond acceptors (Lipinski definition) is 8. The highest BCUT2D eigenvalue weighted by Gasteiger charge is 2.45. The van der Waals surface area contributed by atoms with E-state index in [1.807, 2.05) is 45.0 Å². The van der Waals surface area contributed by atoms with Gasteiger partial charge in [0, 0.05) is 37.2 Å². The summed E-state index contributed by atoms with van der Waals surface area (Å²) >= 11 is 1.56. The number of para-hydroxylation sites is 1. The number of hydrogen-bond donors (Lipinski definition) is 3. The van der Waals surface area contributed by atoms with Crippen LogP contribution in [0.1, 0.15) is 58.3 Å². The van der Waals surface area contributed by atoms with E-state index >= 15 is 0 Å². The van der Waals surface area contributed by atoms with E-state index in [1.165, 1.54) is 4.68 Å². The number of nitrogens with one attached hydrogen (secondary N) is 1. The summed E-state index contributed by atoms with van der Waals surface area (Å²) in [5.41, 5.74) is 3.66. The van der Waals surface area contributed by atoms with E-state index in [-0.39, 0.29) is 40.6 Å². The Labute approximate surface area is 264 Å². The van der Waals surface area contributed by atoms with Gasteiger partial charge in [-0.05, 0) is 63.8 Å². The first-order valence-electron chi connectivity index (χ1n) is 15.2. The number of esters is 1. The molecule has 0 fully saturated rings. The Morgan fingerprint density at radius 3 is 2.58 bits per heavy atom. The van der Waals surface area contributed by atoms with Gasteiger partial charge < -0.3 is 19.7 Å². The zero-order chi connectivity index (χ0) is 32.4. The van der Waals surface area contributed by atoms with Gasteiger partial charge in [-0.15, -0.1) is 0 Å². The van der Waals surface area contributed by atoms with Crippen LogP contribution in [0.25, 0.3) is 15.8 Å². The molecule has 0 radical (unpaired) electrons. The van der Waals surface area contributed by atoms with Gasteiger partial charge in [-0.2, -0.15) is 4.57 Å². The van der Waals surface area contributed by atoms with Crippen molar-refractivity contribution in [1.29, 1.82) is 0 Å². The average molecular weight is 633 g/mol. The van der Waals surface area contributed by atoms with E-state index in [4.69, 9.17) is 9.47 Å². The second-order valence-corrected chi connectivity index (χ2v) is 13.4. The Kier molecular flexibility index (Phi) is 7.63. The number of aromatic amines is 1. The molecule has 0 saturated carbocycles. The monoisotopic (exact) mass is 632 g/mol. The van der Waals surface area contributed by atoms with Gasteiger partial charge in [0.2, 0.25) is 16.1 Å². The summed E-state index contributed by atoms with van der Waals surface area (Å²) in [6.45, 7) is 9.78. The molecule has 2 aromatic heterocycles. The van der Waals surface area contributed by atoms with E-state index in [0.29, 0.717) is 43.7 Å². The van der Waals surface area contributed by atoms with Gasteiger partial charge in [0.25, 0.3) is 5.56 Å². The summed E-state index contributed by atoms with van der Waals surface area (Å²) in [5, 5.41) is 25.2. The van der Waals surface area contributed by atoms with E-state index in [9.17, 15) is 24.6 Å². The number of aromatic nitrogens is 3. The number of nitrogens with zero attached hydrogens (tertiary/aromatic N) is 2. The number of ketones is 1. The molecule has 0 spiro atoms. The minimum absolute atomic E-state index is 0.0594. The summed E-state index contributed by atoms with van der Waals surface area (Å²) in [6, 6.07) is 7.93. The Hall–Kier alpha value is -4.38. The number of carbonyl (C=O) groups is 2. The van der Waals surface area contributed by atoms with Crippen molar-refractivity contribution in [1.82, 2.24) is 9.78 Å². The fourth-order valence-corrected chi connectivity index (χ4v) is 7.76. The topological polar surface area (TPSA) is 135 Å². The Morgan fingerprint density at radius 1 is 1.16 bits per heavy atom. The molecule has 3 N–H and O–H groups in total. The van der Waals surface area contributed by atoms with Gasteiger partial charge in [0.1, 0.15) is 22.0 Å². The predicted molar refractivity (Wildman–Crippen MR) is 170 cm³/mol. The van der Waals surface area contributed by atoms with Crippen LogP contribution < -0.4 is 14.9 Å². The van der Waals surface area contributed by atoms with Crippen LogP contribution >= 0.6 is 11.3 Å². The number of ether oxygens (including phenoxy) is 2. The molecule has 1 aliphatic carbocycles. The van der Waals surface area contributed by atoms with Crippen molar-refractivity contribution >= 4 is 38.9 Å². The zero-order valence-corrected chi connectivity index (χ0v) is 27.2. The lowest BCUT2D eigenvalue weighted by atomic mass is 9.77. The minimum atomic E-state index is -1.13. The van der Waals surface area contributed by atoms with Gasteiger partial charge in [-0.3, -0.25) is 19.4 Å². The van der Waals surface area contributed by atoms with E-state index in [0.717, 1.165) is 37.5 Å². The van der Waals surface area contributed by atoms with E-state index < -0.39 is 17.5 Å². The van der Waals surface area contributed by atoms with Crippen LogP contribution in [-0.4, -0.2) is 44.0 Å². The zero-order valence-electron chi connectivity index (χ0n) is 26.4. The number of H-pyrrole nitrogens is 1. The molecule has 2 unspecified atom stereocenters. The molecule has 1 aliphatic heterocycles. The summed E-state index contributed by atoms with van der Waals surface area (Å²) < 4.78 is 16.5. The highest BCUT2D eigenvalue weighted by molar-refractivity contribution is 7.18. The first-order valence-corrected chi connectivity index (χ1v) is 16.0. The molecule has 2 aromatic carbocycles. The molecular weight excluding hydrogens is 594 g/mol. The number of aliphatic hydroxyl groups excluding tert-OH is 1. The maximum atomic E-state index is 13.3. The second kappa shape index (κ2) is 11.2. The van der Waals surface area contributed by atoms with Crippen molar-refractivity contribution in [3.8, 4) is 11.5 Å². The van der Waals surface area contributed by atoms with Crippen LogP contribution in [0, 0.1) is 33.6 Å². The SMILES string of the molecule is Cc1[nH]n(C)c(=O)c1C1=C(O)C(Cc2sc3ccccc3[n+]2CCCOC(=O)C2(C)CCc3c(C)c(O)c(C)c(C)c3O2)C1=O. The lowest BCUT2D eigenvalue weighted by Crippen LogP contribution is -2.46.